The quantitative estimate of drug-likeness (QED) is 0.329. The van der Waals surface area contributed by atoms with Crippen molar-refractivity contribution in [2.24, 2.45) is 5.92 Å². The van der Waals surface area contributed by atoms with Crippen molar-refractivity contribution < 1.29 is 19.1 Å². The van der Waals surface area contributed by atoms with E-state index in [0.717, 1.165) is 6.42 Å². The van der Waals surface area contributed by atoms with Gasteiger partial charge in [-0.15, -0.1) is 0 Å². The van der Waals surface area contributed by atoms with Gasteiger partial charge in [0.1, 0.15) is 0 Å². The van der Waals surface area contributed by atoms with E-state index in [4.69, 9.17) is 17.2 Å². The molecule has 0 saturated heterocycles. The van der Waals surface area contributed by atoms with E-state index in [0.29, 0.717) is 5.92 Å². The molecule has 0 aromatic rings. The second-order valence-corrected chi connectivity index (χ2v) is 23.8. The molecule has 0 spiro atoms. The van der Waals surface area contributed by atoms with Crippen molar-refractivity contribution in [1.29, 1.82) is 0 Å². The molecule has 0 aromatic heterocycles. The van der Waals surface area contributed by atoms with E-state index in [1.807, 2.05) is 0 Å². The van der Waals surface area contributed by atoms with Crippen LogP contribution in [0, 0.1) is 5.92 Å². The average Bonchev–Trinajstić information content (AvgIpc) is 2.98. The molecule has 0 saturated carbocycles. The van der Waals surface area contributed by atoms with Crippen molar-refractivity contribution in [2.75, 3.05) is 0 Å². The van der Waals surface area contributed by atoms with Gasteiger partial charge in [-0.2, -0.15) is 0 Å². The van der Waals surface area contributed by atoms with Crippen LogP contribution < -0.4 is 0 Å². The Bertz CT molecular complexity index is 813. The number of rotatable bonds is 2. The molecule has 0 amide bonds. The first-order valence-electron chi connectivity index (χ1n) is 8.41. The van der Waals surface area contributed by atoms with Gasteiger partial charge in [0.15, 0.2) is 0 Å². The summed E-state index contributed by atoms with van der Waals surface area (Å²) in [6.45, 7) is 6.86. The normalized spacial score (nSPS) is 23.2. The van der Waals surface area contributed by atoms with Crippen LogP contribution in [0.2, 0.25) is 11.5 Å². The van der Waals surface area contributed by atoms with E-state index in [9.17, 15) is 0 Å². The second-order valence-electron chi connectivity index (χ2n) is 6.93. The van der Waals surface area contributed by atoms with Crippen LogP contribution in [0.15, 0.2) is 67.1 Å². The fourth-order valence-electron chi connectivity index (χ4n) is 4.12. The molecule has 0 radical (unpaired) electrons. The minimum absolute atomic E-state index is 0.474. The molecular weight excluding hydrogens is 562 g/mol. The Morgan fingerprint density at radius 3 is 2.42 bits per heavy atom. The number of hydrogen-bond donors (Lipinski definition) is 0. The molecule has 4 heteroatoms. The van der Waals surface area contributed by atoms with E-state index in [-0.39, 0.29) is 0 Å². The number of halogens is 2. The zero-order valence-corrected chi connectivity index (χ0v) is 22.1. The van der Waals surface area contributed by atoms with Gasteiger partial charge in [-0.1, -0.05) is 0 Å². The Hall–Kier alpha value is 0.303. The standard InChI is InChI=1S/C20H23Ge.2ClH.Hf/c1-13-8-6-10-17(13)19-14(2)12-16-9-7-11-18(21(4)5)15(3)20(16)19;;;/h6-9,11,15H,10H2,1-5H3;2*1H;/q;;;+2/p-2. The Morgan fingerprint density at radius 2 is 1.88 bits per heavy atom. The second kappa shape index (κ2) is 7.50. The summed E-state index contributed by atoms with van der Waals surface area (Å²) in [4.78, 5) is 0. The molecule has 0 fully saturated rings. The molecule has 1 unspecified atom stereocenters. The van der Waals surface area contributed by atoms with Crippen molar-refractivity contribution in [3.05, 3.63) is 67.1 Å². The molecule has 0 heterocycles. The number of fused-ring (bicyclic) bond motifs is 1. The molecule has 3 rings (SSSR count). The zero-order chi connectivity index (χ0) is 17.6. The third kappa shape index (κ3) is 3.19. The Labute approximate surface area is 165 Å². The van der Waals surface area contributed by atoms with Gasteiger partial charge in [0.2, 0.25) is 0 Å². The molecule has 3 aliphatic rings. The van der Waals surface area contributed by atoms with Crippen molar-refractivity contribution >= 4 is 35.4 Å². The summed E-state index contributed by atoms with van der Waals surface area (Å²) in [6.07, 6.45) is 12.4. The van der Waals surface area contributed by atoms with Crippen LogP contribution in [0.1, 0.15) is 27.2 Å². The van der Waals surface area contributed by atoms with Crippen LogP contribution in [0.5, 0.6) is 0 Å². The summed E-state index contributed by atoms with van der Waals surface area (Å²) in [5.41, 5.74) is 8.53. The van der Waals surface area contributed by atoms with Crippen LogP contribution in [0.4, 0.5) is 0 Å². The maximum absolute atomic E-state index is 6.61. The van der Waals surface area contributed by atoms with Gasteiger partial charge in [0.05, 0.1) is 0 Å². The average molecular weight is 585 g/mol. The minimum atomic E-state index is -2.70. The van der Waals surface area contributed by atoms with E-state index >= 15 is 0 Å². The number of hydrogen-bond acceptors (Lipinski definition) is 0. The predicted octanol–water partition coefficient (Wildman–Crippen LogP) is 6.41. The van der Waals surface area contributed by atoms with E-state index in [2.05, 4.69) is 62.7 Å². The molecule has 3 aliphatic carbocycles. The van der Waals surface area contributed by atoms with Crippen molar-refractivity contribution in [3.63, 3.8) is 0 Å². The summed E-state index contributed by atoms with van der Waals surface area (Å²) in [7, 11) is 13.2. The monoisotopic (exact) mass is 587 g/mol. The summed E-state index contributed by atoms with van der Waals surface area (Å²) in [6, 6.07) is 0. The van der Waals surface area contributed by atoms with Gasteiger partial charge in [-0.05, 0) is 0 Å². The number of allylic oxidation sites excluding steroid dienone is 12. The van der Waals surface area contributed by atoms with Crippen LogP contribution in [-0.2, 0) is 19.1 Å². The Balaban J connectivity index is 2.30. The molecule has 0 bridgehead atoms. The maximum atomic E-state index is 6.61. The van der Waals surface area contributed by atoms with Gasteiger partial charge in [0, 0.05) is 0 Å². The van der Waals surface area contributed by atoms with E-state index in [1.54, 1.807) is 4.35 Å². The molecule has 24 heavy (non-hydrogen) atoms. The fraction of sp³-hybridized carbons (Fsp3) is 0.350. The molecule has 0 N–H and O–H groups in total. The first-order chi connectivity index (χ1) is 11.3. The van der Waals surface area contributed by atoms with Gasteiger partial charge in [0.25, 0.3) is 0 Å². The third-order valence-electron chi connectivity index (χ3n) is 5.25. The fourth-order valence-corrected chi connectivity index (χ4v) is 14.1. The van der Waals surface area contributed by atoms with Crippen LogP contribution in [0.3, 0.4) is 0 Å². The Kier molecular flexibility index (Phi) is 5.96. The van der Waals surface area contributed by atoms with Gasteiger partial charge >= 0.3 is 166 Å². The summed E-state index contributed by atoms with van der Waals surface area (Å²) >= 11 is -3.84. The zero-order valence-electron chi connectivity index (χ0n) is 14.9. The van der Waals surface area contributed by atoms with Crippen LogP contribution in [-0.4, -0.2) is 18.3 Å². The molecular formula is C20H23Cl2GeHf. The van der Waals surface area contributed by atoms with Gasteiger partial charge in [-0.3, -0.25) is 0 Å². The molecule has 0 nitrogen and oxygen atoms in total. The van der Waals surface area contributed by atoms with Crippen LogP contribution >= 0.6 is 17.2 Å². The summed E-state index contributed by atoms with van der Waals surface area (Å²) in [5.74, 6) is 5.37. The SMILES string of the molecule is CC1=C(C2=C3C(=CC=C[C](=[Ge]([CH3])[CH3])C3C)[C]([Hf]([Cl])[Cl])=C2C)CC=C1. The van der Waals surface area contributed by atoms with E-state index < -0.39 is 33.0 Å². The first-order valence-corrected chi connectivity index (χ1v) is 24.4. The molecule has 125 valence electrons. The molecule has 1 atom stereocenters. The van der Waals surface area contributed by atoms with Crippen molar-refractivity contribution in [1.82, 2.24) is 0 Å². The van der Waals surface area contributed by atoms with E-state index in [1.165, 1.54) is 36.8 Å². The summed E-state index contributed by atoms with van der Waals surface area (Å²) < 4.78 is 2.97. The van der Waals surface area contributed by atoms with Gasteiger partial charge in [-0.25, -0.2) is 0 Å². The third-order valence-corrected chi connectivity index (χ3v) is 15.7. The van der Waals surface area contributed by atoms with Crippen molar-refractivity contribution in [3.8, 4) is 0 Å². The van der Waals surface area contributed by atoms with Crippen molar-refractivity contribution in [2.45, 2.75) is 38.7 Å². The topological polar surface area (TPSA) is 0 Å². The van der Waals surface area contributed by atoms with Crippen LogP contribution in [0.25, 0.3) is 0 Å². The molecule has 0 aromatic carbocycles. The first kappa shape index (κ1) is 19.1. The summed E-state index contributed by atoms with van der Waals surface area (Å²) in [5, 5.41) is 0. The predicted molar refractivity (Wildman–Crippen MR) is 107 cm³/mol. The van der Waals surface area contributed by atoms with Gasteiger partial charge < -0.3 is 0 Å². The molecule has 0 aliphatic heterocycles. The Morgan fingerprint density at radius 1 is 1.17 bits per heavy atom.